The lowest BCUT2D eigenvalue weighted by atomic mass is 9.94. The third kappa shape index (κ3) is 3.08. The lowest BCUT2D eigenvalue weighted by Crippen LogP contribution is -2.18. The number of hydrogen-bond donors (Lipinski definition) is 1. The summed E-state index contributed by atoms with van der Waals surface area (Å²) in [5.74, 6) is 0. The molecule has 0 saturated heterocycles. The van der Waals surface area contributed by atoms with Gasteiger partial charge in [0.15, 0.2) is 0 Å². The van der Waals surface area contributed by atoms with Gasteiger partial charge in [-0.1, -0.05) is 17.7 Å². The second-order valence-electron chi connectivity index (χ2n) is 5.55. The van der Waals surface area contributed by atoms with Gasteiger partial charge in [0, 0.05) is 19.0 Å². The molecule has 2 nitrogen and oxygen atoms in total. The molecule has 0 spiro atoms. The van der Waals surface area contributed by atoms with Crippen LogP contribution in [0.3, 0.4) is 0 Å². The minimum atomic E-state index is 0.369. The van der Waals surface area contributed by atoms with Gasteiger partial charge in [0.25, 0.3) is 0 Å². The van der Waals surface area contributed by atoms with Crippen molar-refractivity contribution in [3.63, 3.8) is 0 Å². The third-order valence-electron chi connectivity index (χ3n) is 3.85. The van der Waals surface area contributed by atoms with Crippen LogP contribution >= 0.6 is 38.9 Å². The van der Waals surface area contributed by atoms with Crippen LogP contribution in [0.5, 0.6) is 0 Å². The van der Waals surface area contributed by atoms with E-state index in [1.165, 1.54) is 27.1 Å². The van der Waals surface area contributed by atoms with Gasteiger partial charge in [-0.3, -0.25) is 0 Å². The van der Waals surface area contributed by atoms with E-state index in [0.717, 1.165) is 22.8 Å². The molecule has 0 radical (unpaired) electrons. The molecule has 1 unspecified atom stereocenters. The lowest BCUT2D eigenvalue weighted by molar-refractivity contribution is 0.609. The Morgan fingerprint density at radius 1 is 1.38 bits per heavy atom. The van der Waals surface area contributed by atoms with E-state index in [9.17, 15) is 0 Å². The highest BCUT2D eigenvalue weighted by molar-refractivity contribution is 9.11. The molecule has 0 bridgehead atoms. The Hall–Kier alpha value is -0.710. The van der Waals surface area contributed by atoms with Gasteiger partial charge in [0.2, 0.25) is 0 Å². The van der Waals surface area contributed by atoms with Crippen LogP contribution in [0.1, 0.15) is 29.3 Å². The Morgan fingerprint density at radius 3 is 2.95 bits per heavy atom. The summed E-state index contributed by atoms with van der Waals surface area (Å²) in [5.41, 5.74) is 3.59. The molecular weight excluding hydrogens is 368 g/mol. The SMILES string of the molecule is CN(C)c1c(Cl)cccc1NC1CCCc2sc(Br)cc21. The summed E-state index contributed by atoms with van der Waals surface area (Å²) in [5, 5.41) is 4.49. The van der Waals surface area contributed by atoms with E-state index in [1.54, 1.807) is 0 Å². The highest BCUT2D eigenvalue weighted by Crippen LogP contribution is 2.41. The number of halogens is 2. The van der Waals surface area contributed by atoms with Crippen LogP contribution < -0.4 is 10.2 Å². The normalized spacial score (nSPS) is 17.4. The number of anilines is 2. The van der Waals surface area contributed by atoms with Gasteiger partial charge in [0.1, 0.15) is 0 Å². The van der Waals surface area contributed by atoms with Crippen LogP contribution in [-0.4, -0.2) is 14.1 Å². The van der Waals surface area contributed by atoms with E-state index in [4.69, 9.17) is 11.6 Å². The smallest absolute Gasteiger partial charge is 0.0786 e. The van der Waals surface area contributed by atoms with Crippen LogP contribution in [0.15, 0.2) is 28.1 Å². The summed E-state index contributed by atoms with van der Waals surface area (Å²) >= 11 is 11.8. The van der Waals surface area contributed by atoms with Crippen molar-refractivity contribution in [3.05, 3.63) is 43.5 Å². The van der Waals surface area contributed by atoms with Crippen molar-refractivity contribution in [3.8, 4) is 0 Å². The second kappa shape index (κ2) is 6.19. The maximum Gasteiger partial charge on any atom is 0.0786 e. The van der Waals surface area contributed by atoms with Gasteiger partial charge in [-0.2, -0.15) is 0 Å². The Labute approximate surface area is 143 Å². The van der Waals surface area contributed by atoms with Gasteiger partial charge < -0.3 is 10.2 Å². The van der Waals surface area contributed by atoms with E-state index in [2.05, 4.69) is 38.3 Å². The summed E-state index contributed by atoms with van der Waals surface area (Å²) in [7, 11) is 4.06. The van der Waals surface area contributed by atoms with Crippen molar-refractivity contribution in [2.45, 2.75) is 25.3 Å². The minimum absolute atomic E-state index is 0.369. The van der Waals surface area contributed by atoms with Gasteiger partial charge in [0.05, 0.1) is 26.2 Å². The molecule has 1 aliphatic carbocycles. The number of aryl methyl sites for hydroxylation is 1. The zero-order chi connectivity index (χ0) is 15.0. The quantitative estimate of drug-likeness (QED) is 0.727. The molecule has 0 saturated carbocycles. The number of fused-ring (bicyclic) bond motifs is 1. The molecule has 1 atom stereocenters. The molecule has 1 aliphatic rings. The number of rotatable bonds is 3. The van der Waals surface area contributed by atoms with Crippen molar-refractivity contribution < 1.29 is 0 Å². The lowest BCUT2D eigenvalue weighted by Gasteiger charge is -2.27. The third-order valence-corrected chi connectivity index (χ3v) is 5.87. The molecule has 21 heavy (non-hydrogen) atoms. The Kier molecular flexibility index (Phi) is 4.48. The van der Waals surface area contributed by atoms with E-state index in [0.29, 0.717) is 6.04 Å². The molecule has 1 N–H and O–H groups in total. The van der Waals surface area contributed by atoms with Crippen LogP contribution in [-0.2, 0) is 6.42 Å². The molecule has 112 valence electrons. The van der Waals surface area contributed by atoms with Crippen LogP contribution in [0.25, 0.3) is 0 Å². The topological polar surface area (TPSA) is 15.3 Å². The van der Waals surface area contributed by atoms with E-state index < -0.39 is 0 Å². The van der Waals surface area contributed by atoms with Crippen molar-refractivity contribution in [2.75, 3.05) is 24.3 Å². The summed E-state index contributed by atoms with van der Waals surface area (Å²) < 4.78 is 1.22. The van der Waals surface area contributed by atoms with Crippen molar-refractivity contribution in [2.24, 2.45) is 0 Å². The molecule has 0 aliphatic heterocycles. The van der Waals surface area contributed by atoms with Crippen molar-refractivity contribution in [1.29, 1.82) is 0 Å². The maximum atomic E-state index is 6.36. The second-order valence-corrected chi connectivity index (χ2v) is 8.47. The first-order chi connectivity index (χ1) is 10.1. The van der Waals surface area contributed by atoms with E-state index in [-0.39, 0.29) is 0 Å². The number of benzene rings is 1. The fourth-order valence-corrected chi connectivity index (χ4v) is 5.11. The monoisotopic (exact) mass is 384 g/mol. The zero-order valence-electron chi connectivity index (χ0n) is 12.1. The summed E-state index contributed by atoms with van der Waals surface area (Å²) in [6.07, 6.45) is 3.59. The predicted molar refractivity (Wildman–Crippen MR) is 97.1 cm³/mol. The fourth-order valence-electron chi connectivity index (χ4n) is 2.95. The summed E-state index contributed by atoms with van der Waals surface area (Å²) in [6, 6.07) is 8.68. The zero-order valence-corrected chi connectivity index (χ0v) is 15.3. The number of para-hydroxylation sites is 1. The molecule has 5 heteroatoms. The van der Waals surface area contributed by atoms with Gasteiger partial charge in [-0.15, -0.1) is 11.3 Å². The number of hydrogen-bond acceptors (Lipinski definition) is 3. The van der Waals surface area contributed by atoms with Gasteiger partial charge >= 0.3 is 0 Å². The molecule has 3 rings (SSSR count). The van der Waals surface area contributed by atoms with Gasteiger partial charge in [-0.05, 0) is 59.0 Å². The highest BCUT2D eigenvalue weighted by Gasteiger charge is 2.23. The molecule has 1 aromatic carbocycles. The molecular formula is C16H18BrClN2S. The average Bonchev–Trinajstić information content (AvgIpc) is 2.80. The summed E-state index contributed by atoms with van der Waals surface area (Å²) in [6.45, 7) is 0. The Bertz CT molecular complexity index is 654. The van der Waals surface area contributed by atoms with Crippen molar-refractivity contribution in [1.82, 2.24) is 0 Å². The average molecular weight is 386 g/mol. The first-order valence-corrected chi connectivity index (χ1v) is 9.05. The Morgan fingerprint density at radius 2 is 2.19 bits per heavy atom. The molecule has 2 aromatic rings. The van der Waals surface area contributed by atoms with Gasteiger partial charge in [-0.25, -0.2) is 0 Å². The predicted octanol–water partition coefficient (Wildman–Crippen LogP) is 5.72. The molecule has 1 aromatic heterocycles. The number of nitrogens with zero attached hydrogens (tertiary/aromatic N) is 1. The Balaban J connectivity index is 1.93. The number of nitrogens with one attached hydrogen (secondary N) is 1. The summed E-state index contributed by atoms with van der Waals surface area (Å²) in [4.78, 5) is 3.57. The highest BCUT2D eigenvalue weighted by atomic mass is 79.9. The maximum absolute atomic E-state index is 6.36. The van der Waals surface area contributed by atoms with E-state index in [1.807, 2.05) is 37.6 Å². The molecule has 0 fully saturated rings. The largest absolute Gasteiger partial charge is 0.376 e. The fraction of sp³-hybridized carbons (Fsp3) is 0.375. The van der Waals surface area contributed by atoms with E-state index >= 15 is 0 Å². The number of thiophene rings is 1. The molecule has 1 heterocycles. The first-order valence-electron chi connectivity index (χ1n) is 7.06. The van der Waals surface area contributed by atoms with Crippen LogP contribution in [0, 0.1) is 0 Å². The minimum Gasteiger partial charge on any atom is -0.376 e. The first kappa shape index (κ1) is 15.2. The standard InChI is InChI=1S/C16H18BrClN2S/c1-20(2)16-11(18)5-3-7-13(16)19-12-6-4-8-14-10(12)9-15(17)21-14/h3,5,7,9,12,19H,4,6,8H2,1-2H3. The van der Waals surface area contributed by atoms with Crippen LogP contribution in [0.2, 0.25) is 5.02 Å². The van der Waals surface area contributed by atoms with Crippen molar-refractivity contribution >= 4 is 50.2 Å². The molecule has 0 amide bonds. The van der Waals surface area contributed by atoms with Crippen LogP contribution in [0.4, 0.5) is 11.4 Å².